The largest absolute Gasteiger partial charge is 0.432 e. The zero-order valence-electron chi connectivity index (χ0n) is 10.8. The molecule has 1 saturated carbocycles. The highest BCUT2D eigenvalue weighted by molar-refractivity contribution is 5.78. The predicted molar refractivity (Wildman–Crippen MR) is 69.1 cm³/mol. The lowest BCUT2D eigenvalue weighted by atomic mass is 9.93. The van der Waals surface area contributed by atoms with Gasteiger partial charge in [-0.2, -0.15) is 8.78 Å². The summed E-state index contributed by atoms with van der Waals surface area (Å²) in [6, 6.07) is 4.11. The minimum Gasteiger partial charge on any atom is -0.432 e. The Labute approximate surface area is 114 Å². The van der Waals surface area contributed by atoms with Crippen molar-refractivity contribution in [2.24, 2.45) is 10.7 Å². The first-order valence-corrected chi connectivity index (χ1v) is 6.34. The number of hydrogen-bond acceptors (Lipinski definition) is 2. The van der Waals surface area contributed by atoms with Crippen LogP contribution in [0.5, 0.6) is 5.75 Å². The molecule has 0 atom stereocenters. The molecule has 0 saturated heterocycles. The zero-order chi connectivity index (χ0) is 14.5. The van der Waals surface area contributed by atoms with E-state index in [0.717, 1.165) is 25.0 Å². The maximum Gasteiger partial charge on any atom is 0.387 e. The number of guanidine groups is 1. The highest BCUT2D eigenvalue weighted by Gasteiger charge is 2.17. The Bertz CT molecular complexity index is 490. The van der Waals surface area contributed by atoms with Crippen LogP contribution in [-0.2, 0) is 6.54 Å². The molecule has 0 aliphatic heterocycles. The van der Waals surface area contributed by atoms with Gasteiger partial charge in [0, 0.05) is 6.04 Å². The molecule has 20 heavy (non-hydrogen) atoms. The summed E-state index contributed by atoms with van der Waals surface area (Å²) >= 11 is 0. The van der Waals surface area contributed by atoms with E-state index in [1.54, 1.807) is 0 Å². The molecule has 0 unspecified atom stereocenters. The second-order valence-corrected chi connectivity index (χ2v) is 4.62. The fourth-order valence-corrected chi connectivity index (χ4v) is 1.82. The first-order chi connectivity index (χ1) is 9.54. The summed E-state index contributed by atoms with van der Waals surface area (Å²) in [6.07, 6.45) is 3.33. The zero-order valence-corrected chi connectivity index (χ0v) is 10.8. The second kappa shape index (κ2) is 6.49. The minimum absolute atomic E-state index is 0.178. The fraction of sp³-hybridized carbons (Fsp3) is 0.462. The minimum atomic E-state index is -3.05. The Morgan fingerprint density at radius 2 is 2.20 bits per heavy atom. The number of aliphatic imine (C=N–C) groups is 1. The Hall–Kier alpha value is -1.92. The molecule has 2 rings (SSSR count). The van der Waals surface area contributed by atoms with Crippen molar-refractivity contribution < 1.29 is 17.9 Å². The normalized spacial score (nSPS) is 16.1. The number of hydrogen-bond donors (Lipinski definition) is 2. The summed E-state index contributed by atoms with van der Waals surface area (Å²) in [6.45, 7) is -2.87. The summed E-state index contributed by atoms with van der Waals surface area (Å²) in [5, 5.41) is 3.05. The number of nitrogens with one attached hydrogen (secondary N) is 1. The fourth-order valence-electron chi connectivity index (χ4n) is 1.82. The highest BCUT2D eigenvalue weighted by atomic mass is 19.3. The molecule has 1 aliphatic rings. The lowest BCUT2D eigenvalue weighted by Crippen LogP contribution is -2.43. The van der Waals surface area contributed by atoms with Crippen LogP contribution in [0, 0.1) is 5.82 Å². The number of alkyl halides is 2. The van der Waals surface area contributed by atoms with Crippen molar-refractivity contribution >= 4 is 5.96 Å². The van der Waals surface area contributed by atoms with Crippen LogP contribution in [0.1, 0.15) is 24.8 Å². The van der Waals surface area contributed by atoms with E-state index in [9.17, 15) is 13.2 Å². The summed E-state index contributed by atoms with van der Waals surface area (Å²) < 4.78 is 41.4. The van der Waals surface area contributed by atoms with Crippen LogP contribution in [-0.4, -0.2) is 18.6 Å². The molecule has 110 valence electrons. The van der Waals surface area contributed by atoms with Gasteiger partial charge in [-0.1, -0.05) is 6.07 Å². The SMILES string of the molecule is NC(=NCc1ccc(OC(F)F)c(F)c1)NC1CCC1. The Kier molecular flexibility index (Phi) is 4.70. The van der Waals surface area contributed by atoms with E-state index in [-0.39, 0.29) is 6.54 Å². The van der Waals surface area contributed by atoms with Gasteiger partial charge in [-0.15, -0.1) is 0 Å². The first-order valence-electron chi connectivity index (χ1n) is 6.34. The molecule has 0 amide bonds. The van der Waals surface area contributed by atoms with E-state index < -0.39 is 18.2 Å². The lowest BCUT2D eigenvalue weighted by Gasteiger charge is -2.26. The van der Waals surface area contributed by atoms with Gasteiger partial charge in [-0.25, -0.2) is 9.38 Å². The van der Waals surface area contributed by atoms with Gasteiger partial charge in [-0.3, -0.25) is 0 Å². The van der Waals surface area contributed by atoms with E-state index in [2.05, 4.69) is 15.0 Å². The number of halogens is 3. The summed E-state index contributed by atoms with van der Waals surface area (Å²) in [5.74, 6) is -1.01. The molecular formula is C13H16F3N3O. The second-order valence-electron chi connectivity index (χ2n) is 4.62. The molecule has 0 aromatic heterocycles. The smallest absolute Gasteiger partial charge is 0.387 e. The van der Waals surface area contributed by atoms with Crippen LogP contribution in [0.15, 0.2) is 23.2 Å². The average molecular weight is 287 g/mol. The quantitative estimate of drug-likeness (QED) is 0.645. The van der Waals surface area contributed by atoms with Crippen molar-refractivity contribution in [3.63, 3.8) is 0 Å². The molecule has 7 heteroatoms. The molecule has 1 aromatic rings. The van der Waals surface area contributed by atoms with Crippen LogP contribution < -0.4 is 15.8 Å². The average Bonchev–Trinajstić information content (AvgIpc) is 2.34. The maximum absolute atomic E-state index is 13.5. The molecular weight excluding hydrogens is 271 g/mol. The van der Waals surface area contributed by atoms with E-state index in [1.807, 2.05) is 0 Å². The molecule has 3 N–H and O–H groups in total. The molecule has 0 bridgehead atoms. The van der Waals surface area contributed by atoms with Crippen LogP contribution in [0.25, 0.3) is 0 Å². The first kappa shape index (κ1) is 14.5. The monoisotopic (exact) mass is 287 g/mol. The van der Waals surface area contributed by atoms with Gasteiger partial charge >= 0.3 is 6.61 Å². The van der Waals surface area contributed by atoms with Gasteiger partial charge < -0.3 is 15.8 Å². The van der Waals surface area contributed by atoms with Crippen molar-refractivity contribution in [2.45, 2.75) is 38.5 Å². The molecule has 0 radical (unpaired) electrons. The van der Waals surface area contributed by atoms with Gasteiger partial charge in [0.25, 0.3) is 0 Å². The molecule has 1 aliphatic carbocycles. The molecule has 1 aromatic carbocycles. The summed E-state index contributed by atoms with van der Waals surface area (Å²) in [5.41, 5.74) is 6.22. The van der Waals surface area contributed by atoms with Crippen LogP contribution in [0.4, 0.5) is 13.2 Å². The van der Waals surface area contributed by atoms with Crippen LogP contribution in [0.2, 0.25) is 0 Å². The number of benzene rings is 1. The van der Waals surface area contributed by atoms with Crippen molar-refractivity contribution in [1.29, 1.82) is 0 Å². The Morgan fingerprint density at radius 1 is 1.45 bits per heavy atom. The summed E-state index contributed by atoms with van der Waals surface area (Å²) in [4.78, 5) is 4.08. The van der Waals surface area contributed by atoms with Crippen LogP contribution in [0.3, 0.4) is 0 Å². The number of nitrogens with two attached hydrogens (primary N) is 1. The molecule has 1 fully saturated rings. The van der Waals surface area contributed by atoms with E-state index in [1.165, 1.54) is 12.5 Å². The van der Waals surface area contributed by atoms with Gasteiger partial charge in [0.15, 0.2) is 17.5 Å². The molecule has 4 nitrogen and oxygen atoms in total. The van der Waals surface area contributed by atoms with Gasteiger partial charge in [0.1, 0.15) is 0 Å². The van der Waals surface area contributed by atoms with Crippen LogP contribution >= 0.6 is 0 Å². The third kappa shape index (κ3) is 4.04. The Morgan fingerprint density at radius 3 is 2.75 bits per heavy atom. The molecule has 0 spiro atoms. The van der Waals surface area contributed by atoms with Crippen molar-refractivity contribution in [1.82, 2.24) is 5.32 Å². The maximum atomic E-state index is 13.5. The lowest BCUT2D eigenvalue weighted by molar-refractivity contribution is -0.0522. The van der Waals surface area contributed by atoms with Gasteiger partial charge in [0.05, 0.1) is 6.54 Å². The third-order valence-corrected chi connectivity index (χ3v) is 3.10. The predicted octanol–water partition coefficient (Wildman–Crippen LogP) is 2.38. The van der Waals surface area contributed by atoms with Gasteiger partial charge in [-0.05, 0) is 37.0 Å². The van der Waals surface area contributed by atoms with Crippen molar-refractivity contribution in [2.75, 3.05) is 0 Å². The van der Waals surface area contributed by atoms with E-state index in [0.29, 0.717) is 17.6 Å². The number of rotatable bonds is 5. The standard InChI is InChI=1S/C13H16F3N3O/c14-10-6-8(4-5-11(10)20-12(15)16)7-18-13(17)19-9-2-1-3-9/h4-6,9,12H,1-3,7H2,(H3,17,18,19). The van der Waals surface area contributed by atoms with E-state index >= 15 is 0 Å². The Balaban J connectivity index is 1.92. The van der Waals surface area contributed by atoms with Crippen molar-refractivity contribution in [3.8, 4) is 5.75 Å². The molecule has 0 heterocycles. The van der Waals surface area contributed by atoms with Gasteiger partial charge in [0.2, 0.25) is 0 Å². The van der Waals surface area contributed by atoms with Crippen molar-refractivity contribution in [3.05, 3.63) is 29.6 Å². The highest BCUT2D eigenvalue weighted by Crippen LogP contribution is 2.21. The topological polar surface area (TPSA) is 59.6 Å². The summed E-state index contributed by atoms with van der Waals surface area (Å²) in [7, 11) is 0. The third-order valence-electron chi connectivity index (χ3n) is 3.10. The van der Waals surface area contributed by atoms with E-state index in [4.69, 9.17) is 5.73 Å². The number of nitrogens with zero attached hydrogens (tertiary/aromatic N) is 1. The number of ether oxygens (including phenoxy) is 1.